The third-order valence-corrected chi connectivity index (χ3v) is 4.76. The molecule has 2 heteroatoms. The second-order valence-electron chi connectivity index (χ2n) is 5.52. The molecule has 18 heavy (non-hydrogen) atoms. The van der Waals surface area contributed by atoms with Gasteiger partial charge >= 0.3 is 0 Å². The molecule has 1 fully saturated rings. The highest BCUT2D eigenvalue weighted by Crippen LogP contribution is 2.29. The van der Waals surface area contributed by atoms with Crippen LogP contribution in [0.15, 0.2) is 12.1 Å². The molecule has 0 N–H and O–H groups in total. The van der Waals surface area contributed by atoms with Crippen LogP contribution in [0, 0.1) is 12.8 Å². The average Bonchev–Trinajstić information content (AvgIpc) is 2.41. The van der Waals surface area contributed by atoms with Crippen LogP contribution in [0.4, 0.5) is 0 Å². The molecule has 0 radical (unpaired) electrons. The number of aryl methyl sites for hydroxylation is 1. The van der Waals surface area contributed by atoms with E-state index in [4.69, 9.17) is 23.2 Å². The van der Waals surface area contributed by atoms with Crippen molar-refractivity contribution in [1.29, 1.82) is 0 Å². The lowest BCUT2D eigenvalue weighted by Gasteiger charge is -2.23. The van der Waals surface area contributed by atoms with Gasteiger partial charge in [-0.1, -0.05) is 44.2 Å². The fraction of sp³-hybridized carbons (Fsp3) is 0.625. The van der Waals surface area contributed by atoms with Gasteiger partial charge in [0, 0.05) is 11.8 Å². The minimum atomic E-state index is 0.603. The van der Waals surface area contributed by atoms with Gasteiger partial charge in [0.15, 0.2) is 0 Å². The van der Waals surface area contributed by atoms with Gasteiger partial charge in [0.25, 0.3) is 0 Å². The van der Waals surface area contributed by atoms with E-state index in [1.165, 1.54) is 60.8 Å². The Morgan fingerprint density at radius 2 is 1.61 bits per heavy atom. The molecule has 0 nitrogen and oxygen atoms in total. The number of alkyl halides is 2. The topological polar surface area (TPSA) is 0 Å². The summed E-state index contributed by atoms with van der Waals surface area (Å²) in [4.78, 5) is 0. The van der Waals surface area contributed by atoms with Gasteiger partial charge in [0.1, 0.15) is 0 Å². The van der Waals surface area contributed by atoms with E-state index in [2.05, 4.69) is 19.1 Å². The van der Waals surface area contributed by atoms with Crippen molar-refractivity contribution >= 4 is 23.2 Å². The van der Waals surface area contributed by atoms with Gasteiger partial charge in [-0.25, -0.2) is 0 Å². The van der Waals surface area contributed by atoms with Crippen LogP contribution in [-0.4, -0.2) is 0 Å². The number of halogens is 2. The summed E-state index contributed by atoms with van der Waals surface area (Å²) in [7, 11) is 0. The Labute approximate surface area is 121 Å². The lowest BCUT2D eigenvalue weighted by atomic mass is 9.83. The maximum absolute atomic E-state index is 6.08. The number of rotatable bonds is 4. The predicted octanol–water partition coefficient (Wildman–Crippen LogP) is 5.60. The number of hydrogen-bond donors (Lipinski definition) is 0. The van der Waals surface area contributed by atoms with Crippen LogP contribution in [0.5, 0.6) is 0 Å². The van der Waals surface area contributed by atoms with E-state index < -0.39 is 0 Å². The van der Waals surface area contributed by atoms with E-state index in [1.807, 2.05) is 0 Å². The van der Waals surface area contributed by atoms with E-state index in [0.29, 0.717) is 11.8 Å². The van der Waals surface area contributed by atoms with Crippen LogP contribution in [0.3, 0.4) is 0 Å². The maximum atomic E-state index is 6.08. The molecule has 100 valence electrons. The normalized spacial score (nSPS) is 17.1. The van der Waals surface area contributed by atoms with E-state index in [-0.39, 0.29) is 0 Å². The molecule has 0 aromatic heterocycles. The molecular weight excluding hydrogens is 263 g/mol. The molecule has 0 bridgehead atoms. The molecule has 1 aliphatic carbocycles. The average molecular weight is 285 g/mol. The highest BCUT2D eigenvalue weighted by Gasteiger charge is 2.16. The molecule has 1 aromatic rings. The number of hydrogen-bond acceptors (Lipinski definition) is 0. The zero-order valence-electron chi connectivity index (χ0n) is 11.1. The first-order valence-corrected chi connectivity index (χ1v) is 8.04. The Morgan fingerprint density at radius 1 is 0.944 bits per heavy atom. The Morgan fingerprint density at radius 3 is 2.22 bits per heavy atom. The van der Waals surface area contributed by atoms with Crippen LogP contribution in [-0.2, 0) is 18.2 Å². The lowest BCUT2D eigenvalue weighted by Crippen LogP contribution is -2.11. The summed E-state index contributed by atoms with van der Waals surface area (Å²) in [5.41, 5.74) is 5.26. The van der Waals surface area contributed by atoms with Gasteiger partial charge in [-0.3, -0.25) is 0 Å². The first kappa shape index (κ1) is 14.2. The summed E-state index contributed by atoms with van der Waals surface area (Å²) in [6.07, 6.45) is 8.16. The first-order chi connectivity index (χ1) is 8.74. The summed E-state index contributed by atoms with van der Waals surface area (Å²) in [6.45, 7) is 2.12. The molecule has 0 saturated heterocycles. The third-order valence-electron chi connectivity index (χ3n) is 4.18. The predicted molar refractivity (Wildman–Crippen MR) is 80.6 cm³/mol. The van der Waals surface area contributed by atoms with Gasteiger partial charge in [0.2, 0.25) is 0 Å². The first-order valence-electron chi connectivity index (χ1n) is 6.97. The molecule has 0 unspecified atom stereocenters. The number of benzene rings is 1. The summed E-state index contributed by atoms with van der Waals surface area (Å²) < 4.78 is 0. The minimum Gasteiger partial charge on any atom is -0.122 e. The quantitative estimate of drug-likeness (QED) is 0.632. The molecule has 0 atom stereocenters. The van der Waals surface area contributed by atoms with Gasteiger partial charge in [-0.05, 0) is 41.5 Å². The van der Waals surface area contributed by atoms with E-state index in [0.717, 1.165) is 5.92 Å². The lowest BCUT2D eigenvalue weighted by molar-refractivity contribution is 0.356. The summed E-state index contributed by atoms with van der Waals surface area (Å²) >= 11 is 12.1. The molecule has 0 heterocycles. The van der Waals surface area contributed by atoms with Gasteiger partial charge in [-0.15, -0.1) is 23.2 Å². The smallest absolute Gasteiger partial charge is 0.0476 e. The standard InChI is InChI=1S/C16H22Cl2/c1-12-7-16(11-18)14(9-15(12)10-17)8-13-5-3-2-4-6-13/h7,9,13H,2-6,8,10-11H2,1H3. The van der Waals surface area contributed by atoms with Gasteiger partial charge in [0.05, 0.1) is 0 Å². The monoisotopic (exact) mass is 284 g/mol. The molecular formula is C16H22Cl2. The van der Waals surface area contributed by atoms with E-state index in [1.54, 1.807) is 0 Å². The summed E-state index contributed by atoms with van der Waals surface area (Å²) in [6, 6.07) is 4.51. The van der Waals surface area contributed by atoms with Crippen LogP contribution in [0.2, 0.25) is 0 Å². The van der Waals surface area contributed by atoms with Crippen LogP contribution >= 0.6 is 23.2 Å². The zero-order chi connectivity index (χ0) is 13.0. The molecule has 0 spiro atoms. The summed E-state index contributed by atoms with van der Waals surface area (Å²) in [5, 5.41) is 0. The fourth-order valence-corrected chi connectivity index (χ4v) is 3.56. The van der Waals surface area contributed by atoms with Gasteiger partial charge < -0.3 is 0 Å². The highest BCUT2D eigenvalue weighted by molar-refractivity contribution is 6.17. The van der Waals surface area contributed by atoms with Crippen molar-refractivity contribution in [2.24, 2.45) is 5.92 Å². The molecule has 1 saturated carbocycles. The van der Waals surface area contributed by atoms with Crippen LogP contribution in [0.1, 0.15) is 54.4 Å². The molecule has 1 aromatic carbocycles. The molecule has 0 amide bonds. The van der Waals surface area contributed by atoms with Crippen molar-refractivity contribution in [2.75, 3.05) is 0 Å². The van der Waals surface area contributed by atoms with E-state index >= 15 is 0 Å². The van der Waals surface area contributed by atoms with Crippen LogP contribution in [0.25, 0.3) is 0 Å². The van der Waals surface area contributed by atoms with Gasteiger partial charge in [-0.2, -0.15) is 0 Å². The Hall–Kier alpha value is -0.200. The zero-order valence-corrected chi connectivity index (χ0v) is 12.7. The van der Waals surface area contributed by atoms with Crippen molar-refractivity contribution in [3.8, 4) is 0 Å². The summed E-state index contributed by atoms with van der Waals surface area (Å²) in [5.74, 6) is 2.07. The van der Waals surface area contributed by atoms with Crippen molar-refractivity contribution in [3.05, 3.63) is 34.4 Å². The minimum absolute atomic E-state index is 0.603. The van der Waals surface area contributed by atoms with Crippen molar-refractivity contribution in [2.45, 2.75) is 57.2 Å². The van der Waals surface area contributed by atoms with Crippen molar-refractivity contribution in [1.82, 2.24) is 0 Å². The Bertz CT molecular complexity index is 392. The Kier molecular flexibility index (Phi) is 5.38. The third kappa shape index (κ3) is 3.42. The molecule has 0 aliphatic heterocycles. The van der Waals surface area contributed by atoms with Crippen molar-refractivity contribution < 1.29 is 0 Å². The highest BCUT2D eigenvalue weighted by atomic mass is 35.5. The van der Waals surface area contributed by atoms with Crippen LogP contribution < -0.4 is 0 Å². The fourth-order valence-electron chi connectivity index (χ4n) is 3.02. The molecule has 1 aliphatic rings. The van der Waals surface area contributed by atoms with Crippen molar-refractivity contribution in [3.63, 3.8) is 0 Å². The SMILES string of the molecule is Cc1cc(CCl)c(CC2CCCCC2)cc1CCl. The maximum Gasteiger partial charge on any atom is 0.0476 e. The largest absolute Gasteiger partial charge is 0.122 e. The molecule has 2 rings (SSSR count). The van der Waals surface area contributed by atoms with E-state index in [9.17, 15) is 0 Å². The second-order valence-corrected chi connectivity index (χ2v) is 6.06. The Balaban J connectivity index is 2.18. The second kappa shape index (κ2) is 6.82.